The van der Waals surface area contributed by atoms with Gasteiger partial charge in [-0.3, -0.25) is 9.36 Å². The topological polar surface area (TPSA) is 79.1 Å². The highest BCUT2D eigenvalue weighted by Gasteiger charge is 2.33. The van der Waals surface area contributed by atoms with Gasteiger partial charge in [0.05, 0.1) is 35.6 Å². The minimum absolute atomic E-state index is 0.217. The number of hydrogen-bond donors (Lipinski definition) is 0. The highest BCUT2D eigenvalue weighted by Crippen LogP contribution is 2.32. The van der Waals surface area contributed by atoms with Gasteiger partial charge in [0.25, 0.3) is 5.56 Å². The van der Waals surface area contributed by atoms with Gasteiger partial charge in [-0.1, -0.05) is 76.5 Å². The van der Waals surface area contributed by atoms with E-state index in [2.05, 4.69) is 4.99 Å². The molecule has 0 spiro atoms. The number of carbonyl (C=O) groups excluding carboxylic acids is 1. The lowest BCUT2D eigenvalue weighted by Crippen LogP contribution is -2.39. The van der Waals surface area contributed by atoms with Crippen LogP contribution in [0.15, 0.2) is 81.7 Å². The Hall–Kier alpha value is -3.85. The van der Waals surface area contributed by atoms with Crippen molar-refractivity contribution in [3.05, 3.63) is 124 Å². The number of nitrogens with zero attached hydrogens (tertiary/aromatic N) is 2. The van der Waals surface area contributed by atoms with Crippen LogP contribution in [-0.4, -0.2) is 24.3 Å². The lowest BCUT2D eigenvalue weighted by atomic mass is 9.95. The fourth-order valence-corrected chi connectivity index (χ4v) is 6.20. The maximum Gasteiger partial charge on any atom is 0.338 e. The van der Waals surface area contributed by atoms with Crippen LogP contribution in [0.2, 0.25) is 10.0 Å². The van der Waals surface area contributed by atoms with Crippen LogP contribution in [0.4, 0.5) is 0 Å². The molecule has 0 N–H and O–H groups in total. The number of ether oxygens (including phenoxy) is 3. The summed E-state index contributed by atoms with van der Waals surface area (Å²) in [6.07, 6.45) is 1.78. The summed E-state index contributed by atoms with van der Waals surface area (Å²) in [5.41, 5.74) is 4.02. The molecule has 42 heavy (non-hydrogen) atoms. The molecule has 4 aromatic rings. The maximum absolute atomic E-state index is 13.9. The van der Waals surface area contributed by atoms with Gasteiger partial charge in [0, 0.05) is 15.6 Å². The Morgan fingerprint density at radius 2 is 1.81 bits per heavy atom. The van der Waals surface area contributed by atoms with Crippen LogP contribution in [0.25, 0.3) is 6.08 Å². The number of carbonyl (C=O) groups is 1. The zero-order valence-electron chi connectivity index (χ0n) is 23.4. The van der Waals surface area contributed by atoms with E-state index in [9.17, 15) is 9.59 Å². The third-order valence-corrected chi connectivity index (χ3v) is 8.36. The summed E-state index contributed by atoms with van der Waals surface area (Å²) in [7, 11) is 1.55. The van der Waals surface area contributed by atoms with Gasteiger partial charge in [-0.2, -0.15) is 0 Å². The Morgan fingerprint density at radius 3 is 2.50 bits per heavy atom. The monoisotopic (exact) mass is 622 g/mol. The van der Waals surface area contributed by atoms with Crippen molar-refractivity contribution in [1.82, 2.24) is 4.57 Å². The quantitative estimate of drug-likeness (QED) is 0.225. The average Bonchev–Trinajstić information content (AvgIpc) is 3.26. The molecule has 0 aliphatic carbocycles. The number of aromatic nitrogens is 1. The zero-order chi connectivity index (χ0) is 30.0. The summed E-state index contributed by atoms with van der Waals surface area (Å²) in [6.45, 7) is 5.95. The van der Waals surface area contributed by atoms with Gasteiger partial charge in [0.15, 0.2) is 16.3 Å². The SMILES string of the molecule is CCOC(=O)C1=C(C)N=c2s/c(=C\c3ccc(OCc4ccc(Cl)cc4Cl)c(OC)c3)c(=O)n2[C@H]1c1ccc(C)cc1. The molecule has 0 radical (unpaired) electrons. The molecule has 0 unspecified atom stereocenters. The van der Waals surface area contributed by atoms with E-state index in [1.807, 2.05) is 43.3 Å². The molecule has 0 bridgehead atoms. The molecule has 2 heterocycles. The van der Waals surface area contributed by atoms with E-state index in [1.54, 1.807) is 55.9 Å². The van der Waals surface area contributed by atoms with Crippen LogP contribution in [0, 0.1) is 6.92 Å². The molecule has 3 aromatic carbocycles. The number of thiazole rings is 1. The fraction of sp³-hybridized carbons (Fsp3) is 0.219. The number of hydrogen-bond acceptors (Lipinski definition) is 7. The smallest absolute Gasteiger partial charge is 0.338 e. The number of halogens is 2. The Kier molecular flexibility index (Phi) is 8.87. The standard InChI is InChI=1S/C32H28Cl2N2O5S/c1-5-40-31(38)28-19(3)35-32-36(29(28)21-9-6-18(2)7-10-21)30(37)27(42-32)15-20-8-13-25(26(14-20)39-4)41-17-22-11-12-23(33)16-24(22)34/h6-16,29H,5,17H2,1-4H3/b27-15-/t29-/m0/s1. The number of aryl methyl sites for hydroxylation is 1. The average molecular weight is 624 g/mol. The Labute approximate surface area is 256 Å². The Balaban J connectivity index is 1.53. The van der Waals surface area contributed by atoms with E-state index < -0.39 is 12.0 Å². The minimum Gasteiger partial charge on any atom is -0.493 e. The van der Waals surface area contributed by atoms with Crippen molar-refractivity contribution < 1.29 is 19.0 Å². The van der Waals surface area contributed by atoms with Gasteiger partial charge >= 0.3 is 5.97 Å². The van der Waals surface area contributed by atoms with Crippen LogP contribution in [0.3, 0.4) is 0 Å². The van der Waals surface area contributed by atoms with Crippen LogP contribution < -0.4 is 24.4 Å². The van der Waals surface area contributed by atoms with E-state index in [4.69, 9.17) is 37.4 Å². The second-order valence-electron chi connectivity index (χ2n) is 9.65. The van der Waals surface area contributed by atoms with Gasteiger partial charge in [0.1, 0.15) is 6.61 Å². The van der Waals surface area contributed by atoms with Crippen LogP contribution >= 0.6 is 34.5 Å². The van der Waals surface area contributed by atoms with Crippen LogP contribution in [0.1, 0.15) is 42.1 Å². The second-order valence-corrected chi connectivity index (χ2v) is 11.5. The lowest BCUT2D eigenvalue weighted by Gasteiger charge is -2.24. The van der Waals surface area contributed by atoms with Crippen LogP contribution in [-0.2, 0) is 16.1 Å². The van der Waals surface area contributed by atoms with Crippen molar-refractivity contribution in [1.29, 1.82) is 0 Å². The predicted molar refractivity (Wildman–Crippen MR) is 165 cm³/mol. The number of benzene rings is 3. The van der Waals surface area contributed by atoms with Crippen molar-refractivity contribution in [2.75, 3.05) is 13.7 Å². The molecule has 0 saturated carbocycles. The van der Waals surface area contributed by atoms with Crippen molar-refractivity contribution >= 4 is 46.6 Å². The molecule has 1 aliphatic heterocycles. The van der Waals surface area contributed by atoms with Gasteiger partial charge in [-0.05, 0) is 62.2 Å². The summed E-state index contributed by atoms with van der Waals surface area (Å²) in [5.74, 6) is 0.537. The predicted octanol–water partition coefficient (Wildman–Crippen LogP) is 6.00. The van der Waals surface area contributed by atoms with E-state index in [1.165, 1.54) is 11.3 Å². The molecule has 0 saturated heterocycles. The first-order chi connectivity index (χ1) is 20.2. The van der Waals surface area contributed by atoms with Crippen molar-refractivity contribution in [2.24, 2.45) is 4.99 Å². The summed E-state index contributed by atoms with van der Waals surface area (Å²) in [4.78, 5) is 32.1. The van der Waals surface area contributed by atoms with Crippen LogP contribution in [0.5, 0.6) is 11.5 Å². The van der Waals surface area contributed by atoms with E-state index in [0.29, 0.717) is 42.1 Å². The molecule has 0 amide bonds. The number of methoxy groups -OCH3 is 1. The van der Waals surface area contributed by atoms with Crippen molar-refractivity contribution in [3.63, 3.8) is 0 Å². The van der Waals surface area contributed by atoms with Crippen molar-refractivity contribution in [2.45, 2.75) is 33.4 Å². The first kappa shape index (κ1) is 29.6. The van der Waals surface area contributed by atoms with E-state index in [0.717, 1.165) is 22.3 Å². The molecular formula is C32H28Cl2N2O5S. The Bertz CT molecular complexity index is 1880. The molecule has 1 atom stereocenters. The van der Waals surface area contributed by atoms with Gasteiger partial charge < -0.3 is 14.2 Å². The highest BCUT2D eigenvalue weighted by molar-refractivity contribution is 7.07. The summed E-state index contributed by atoms with van der Waals surface area (Å²) >= 11 is 13.5. The molecule has 216 valence electrons. The first-order valence-corrected chi connectivity index (χ1v) is 14.8. The maximum atomic E-state index is 13.9. The lowest BCUT2D eigenvalue weighted by molar-refractivity contribution is -0.139. The molecule has 0 fully saturated rings. The first-order valence-electron chi connectivity index (χ1n) is 13.2. The van der Waals surface area contributed by atoms with E-state index in [-0.39, 0.29) is 18.8 Å². The summed E-state index contributed by atoms with van der Waals surface area (Å²) < 4.78 is 19.0. The largest absolute Gasteiger partial charge is 0.493 e. The highest BCUT2D eigenvalue weighted by atomic mass is 35.5. The summed E-state index contributed by atoms with van der Waals surface area (Å²) in [6, 6.07) is 17.8. The normalized spacial score (nSPS) is 14.8. The summed E-state index contributed by atoms with van der Waals surface area (Å²) in [5, 5.41) is 1.06. The van der Waals surface area contributed by atoms with Gasteiger partial charge in [0.2, 0.25) is 0 Å². The Morgan fingerprint density at radius 1 is 1.05 bits per heavy atom. The van der Waals surface area contributed by atoms with Crippen molar-refractivity contribution in [3.8, 4) is 11.5 Å². The third-order valence-electron chi connectivity index (χ3n) is 6.79. The third kappa shape index (κ3) is 6.02. The number of allylic oxidation sites excluding steroid dienone is 1. The van der Waals surface area contributed by atoms with Gasteiger partial charge in [-0.15, -0.1) is 0 Å². The number of esters is 1. The number of rotatable bonds is 8. The molecule has 5 rings (SSSR count). The van der Waals surface area contributed by atoms with E-state index >= 15 is 0 Å². The molecule has 10 heteroatoms. The molecule has 1 aliphatic rings. The second kappa shape index (κ2) is 12.6. The fourth-order valence-electron chi connectivity index (χ4n) is 4.69. The molecular weight excluding hydrogens is 595 g/mol. The molecule has 7 nitrogen and oxygen atoms in total. The van der Waals surface area contributed by atoms with Gasteiger partial charge in [-0.25, -0.2) is 9.79 Å². The minimum atomic E-state index is -0.659. The zero-order valence-corrected chi connectivity index (χ0v) is 25.8. The molecule has 1 aromatic heterocycles. The number of fused-ring (bicyclic) bond motifs is 1.